The fourth-order valence-corrected chi connectivity index (χ4v) is 7.00. The van der Waals surface area contributed by atoms with Gasteiger partial charge in [0, 0.05) is 0 Å². The zero-order chi connectivity index (χ0) is 30.3. The molecule has 2 amide bonds. The Morgan fingerprint density at radius 3 is 1.61 bits per heavy atom. The van der Waals surface area contributed by atoms with Crippen LogP contribution in [0.1, 0.15) is 62.3 Å². The molecule has 3 N–H and O–H groups in total. The lowest BCUT2D eigenvalue weighted by Gasteiger charge is -2.45. The number of esters is 1. The van der Waals surface area contributed by atoms with Crippen molar-refractivity contribution in [3.63, 3.8) is 0 Å². The second-order valence-electron chi connectivity index (χ2n) is 15.1. The Bertz CT molecular complexity index is 860. The van der Waals surface area contributed by atoms with Crippen molar-refractivity contribution >= 4 is 37.0 Å². The van der Waals surface area contributed by atoms with Gasteiger partial charge >= 0.3 is 12.0 Å². The summed E-state index contributed by atoms with van der Waals surface area (Å²) in [5.41, 5.74) is 3.63. The van der Waals surface area contributed by atoms with E-state index < -0.39 is 61.0 Å². The second-order valence-corrected chi connectivity index (χ2v) is 29.4. The first-order valence-corrected chi connectivity index (χ1v) is 22.2. The van der Waals surface area contributed by atoms with Gasteiger partial charge < -0.3 is 28.5 Å². The van der Waals surface area contributed by atoms with Gasteiger partial charge in [-0.1, -0.05) is 62.3 Å². The van der Waals surface area contributed by atoms with Crippen molar-refractivity contribution in [1.82, 2.24) is 5.32 Å². The summed E-state index contributed by atoms with van der Waals surface area (Å²) >= 11 is 0. The van der Waals surface area contributed by atoms with E-state index in [1.54, 1.807) is 0 Å². The zero-order valence-electron chi connectivity index (χ0n) is 26.9. The Balaban J connectivity index is 3.82. The Morgan fingerprint density at radius 1 is 0.816 bits per heavy atom. The van der Waals surface area contributed by atoms with E-state index in [1.165, 1.54) is 7.11 Å². The number of carbonyl (C=O) groups is 2. The molecule has 1 saturated heterocycles. The Hall–Kier alpha value is -0.769. The van der Waals surface area contributed by atoms with Gasteiger partial charge in [0.25, 0.3) is 5.72 Å². The minimum absolute atomic E-state index is 0.0384. The van der Waals surface area contributed by atoms with Crippen LogP contribution in [0.5, 0.6) is 0 Å². The molecule has 0 aliphatic carbocycles. The molecule has 9 nitrogen and oxygen atoms in total. The highest BCUT2D eigenvalue weighted by Gasteiger charge is 2.66. The van der Waals surface area contributed by atoms with E-state index >= 15 is 0 Å². The van der Waals surface area contributed by atoms with Crippen LogP contribution in [0.2, 0.25) is 54.4 Å². The van der Waals surface area contributed by atoms with Crippen LogP contribution in [0, 0.1) is 0 Å². The number of methoxy groups -OCH3 is 1. The number of amides is 2. The smallest absolute Gasteiger partial charge is 0.362 e. The number of primary amides is 1. The lowest BCUT2D eigenvalue weighted by atomic mass is 10.0. The number of nitrogens with two attached hydrogens (primary N) is 1. The van der Waals surface area contributed by atoms with E-state index in [-0.39, 0.29) is 21.7 Å². The normalized spacial score (nSPS) is 25.8. The highest BCUT2D eigenvalue weighted by atomic mass is 28.4. The van der Waals surface area contributed by atoms with Gasteiger partial charge in [0.2, 0.25) is 0 Å². The number of ether oxygens (including phenoxy) is 2. The van der Waals surface area contributed by atoms with E-state index in [1.807, 2.05) is 0 Å². The summed E-state index contributed by atoms with van der Waals surface area (Å²) in [4.78, 5) is 25.8. The summed E-state index contributed by atoms with van der Waals surface area (Å²) < 4.78 is 32.1. The van der Waals surface area contributed by atoms with Crippen molar-refractivity contribution in [3.8, 4) is 0 Å². The molecule has 0 saturated carbocycles. The molecule has 1 heterocycles. The SMILES string of the molecule is COC(=O)[C@@]1(NC(N)=O)O[C@H](CO[Si](C)(C)C(C)(C)C)[C@@H](O[Si](C)(C)C(C)(C)C)[C@@H]1O[Si](C)(C)C(C)(C)C. The first-order chi connectivity index (χ1) is 16.7. The quantitative estimate of drug-likeness (QED) is 0.259. The molecule has 4 atom stereocenters. The predicted molar refractivity (Wildman–Crippen MR) is 160 cm³/mol. The molecule has 0 aromatic heterocycles. The molecule has 12 heteroatoms. The fraction of sp³-hybridized carbons (Fsp3) is 0.923. The average molecular weight is 593 g/mol. The summed E-state index contributed by atoms with van der Waals surface area (Å²) in [6.45, 7) is 32.2. The molecule has 1 aliphatic rings. The highest BCUT2D eigenvalue weighted by molar-refractivity contribution is 6.75. The highest BCUT2D eigenvalue weighted by Crippen LogP contribution is 2.46. The number of rotatable bonds is 9. The summed E-state index contributed by atoms with van der Waals surface area (Å²) in [6.07, 6.45) is -2.41. The molecule has 0 aromatic rings. The van der Waals surface area contributed by atoms with E-state index in [9.17, 15) is 9.59 Å². The number of carbonyl (C=O) groups excluding carboxylic acids is 2. The lowest BCUT2D eigenvalue weighted by molar-refractivity contribution is -0.180. The monoisotopic (exact) mass is 592 g/mol. The van der Waals surface area contributed by atoms with E-state index in [0.717, 1.165) is 0 Å². The molecule has 38 heavy (non-hydrogen) atoms. The summed E-state index contributed by atoms with van der Waals surface area (Å²) in [5.74, 6) is -0.793. The van der Waals surface area contributed by atoms with Crippen molar-refractivity contribution in [2.24, 2.45) is 5.73 Å². The minimum atomic E-state index is -2.53. The second kappa shape index (κ2) is 11.2. The van der Waals surface area contributed by atoms with Gasteiger partial charge in [0.05, 0.1) is 13.7 Å². The first-order valence-electron chi connectivity index (χ1n) is 13.5. The van der Waals surface area contributed by atoms with Crippen LogP contribution in [0.25, 0.3) is 0 Å². The predicted octanol–water partition coefficient (Wildman–Crippen LogP) is 5.73. The molecule has 0 bridgehead atoms. The number of hydrogen-bond donors (Lipinski definition) is 2. The van der Waals surface area contributed by atoms with Gasteiger partial charge in [-0.25, -0.2) is 9.59 Å². The molecule has 1 rings (SSSR count). The van der Waals surface area contributed by atoms with Crippen LogP contribution in [0.4, 0.5) is 4.79 Å². The van der Waals surface area contributed by atoms with E-state index in [2.05, 4.69) is 107 Å². The number of hydrogen-bond acceptors (Lipinski definition) is 7. The van der Waals surface area contributed by atoms with Gasteiger partial charge in [0.15, 0.2) is 25.0 Å². The first kappa shape index (κ1) is 35.3. The molecule has 0 unspecified atom stereocenters. The number of nitrogens with one attached hydrogen (secondary N) is 1. The minimum Gasteiger partial charge on any atom is -0.465 e. The summed E-state index contributed by atoms with van der Waals surface area (Å²) in [6, 6.07) is -0.920. The largest absolute Gasteiger partial charge is 0.465 e. The van der Waals surface area contributed by atoms with Gasteiger partial charge in [-0.3, -0.25) is 5.32 Å². The van der Waals surface area contributed by atoms with Crippen LogP contribution in [-0.4, -0.2) is 74.7 Å². The molecule has 0 aromatic carbocycles. The van der Waals surface area contributed by atoms with Crippen molar-refractivity contribution < 1.29 is 32.3 Å². The van der Waals surface area contributed by atoms with Gasteiger partial charge in [0.1, 0.15) is 18.3 Å². The van der Waals surface area contributed by atoms with Crippen molar-refractivity contribution in [2.75, 3.05) is 13.7 Å². The third kappa shape index (κ3) is 7.49. The van der Waals surface area contributed by atoms with Crippen LogP contribution >= 0.6 is 0 Å². The van der Waals surface area contributed by atoms with Crippen LogP contribution in [0.3, 0.4) is 0 Å². The lowest BCUT2D eigenvalue weighted by Crippen LogP contribution is -2.67. The van der Waals surface area contributed by atoms with E-state index in [0.29, 0.717) is 0 Å². The molecule has 224 valence electrons. The summed E-state index contributed by atoms with van der Waals surface area (Å²) in [7, 11) is -5.89. The molecule has 1 aliphatic heterocycles. The van der Waals surface area contributed by atoms with Gasteiger partial charge in [-0.05, 0) is 54.4 Å². The van der Waals surface area contributed by atoms with Crippen LogP contribution < -0.4 is 11.1 Å². The van der Waals surface area contributed by atoms with Crippen molar-refractivity contribution in [3.05, 3.63) is 0 Å². The maximum Gasteiger partial charge on any atom is 0.362 e. The average Bonchev–Trinajstić information content (AvgIpc) is 2.95. The van der Waals surface area contributed by atoms with Crippen molar-refractivity contribution in [2.45, 2.75) is 141 Å². The van der Waals surface area contributed by atoms with Gasteiger partial charge in [-0.2, -0.15) is 0 Å². The fourth-order valence-electron chi connectivity index (χ4n) is 3.38. The zero-order valence-corrected chi connectivity index (χ0v) is 29.9. The molecule has 0 radical (unpaired) electrons. The third-order valence-electron chi connectivity index (χ3n) is 9.08. The maximum absolute atomic E-state index is 13.5. The Morgan fingerprint density at radius 2 is 1.24 bits per heavy atom. The molecule has 0 spiro atoms. The molecular weight excluding hydrogens is 537 g/mol. The summed E-state index contributed by atoms with van der Waals surface area (Å²) in [5, 5.41) is 2.21. The van der Waals surface area contributed by atoms with Gasteiger partial charge in [-0.15, -0.1) is 0 Å². The van der Waals surface area contributed by atoms with Crippen LogP contribution in [0.15, 0.2) is 0 Å². The Labute approximate surface area is 234 Å². The molecule has 1 fully saturated rings. The number of urea groups is 1. The topological polar surface area (TPSA) is 118 Å². The molecular formula is C26H56N2O7Si3. The van der Waals surface area contributed by atoms with Crippen molar-refractivity contribution in [1.29, 1.82) is 0 Å². The Kier molecular flexibility index (Phi) is 10.4. The standard InChI is InChI=1S/C26H56N2O7Si3/c1-23(2,3)36(11,12)32-17-18-19(34-37(13,14)24(4,5)6)20(35-38(15,16)25(7,8)9)26(33-18,21(29)31-10)28-22(27)30/h18-20H,17H2,1-16H3,(H3,27,28,30)/t18-,19-,20+,26+/m1/s1. The third-order valence-corrected chi connectivity index (χ3v) is 22.5. The maximum atomic E-state index is 13.5. The van der Waals surface area contributed by atoms with Crippen LogP contribution in [-0.2, 0) is 27.5 Å². The van der Waals surface area contributed by atoms with E-state index in [4.69, 9.17) is 28.5 Å².